The molecule has 0 atom stereocenters. The van der Waals surface area contributed by atoms with Crippen molar-refractivity contribution in [3.8, 4) is 0 Å². The molecule has 7 nitrogen and oxygen atoms in total. The smallest absolute Gasteiger partial charge is 0.870 e. The number of nitrogens with one attached hydrogen (secondary N) is 1. The Bertz CT molecular complexity index is 815. The Hall–Kier alpha value is -0.575. The van der Waals surface area contributed by atoms with Gasteiger partial charge in [0.05, 0.1) is 6.20 Å². The van der Waals surface area contributed by atoms with E-state index in [1.807, 2.05) is 18.2 Å². The second-order valence-electron chi connectivity index (χ2n) is 4.34. The van der Waals surface area contributed by atoms with Crippen molar-refractivity contribution in [1.29, 1.82) is 0 Å². The Morgan fingerprint density at radius 1 is 1.41 bits per heavy atom. The predicted molar refractivity (Wildman–Crippen MR) is 78.4 cm³/mol. The summed E-state index contributed by atoms with van der Waals surface area (Å²) in [6.45, 7) is 0.431. The largest absolute Gasteiger partial charge is 1.00 e. The van der Waals surface area contributed by atoms with Crippen LogP contribution in [0.25, 0.3) is 11.0 Å². The number of hydrogen-bond acceptors (Lipinski definition) is 5. The summed E-state index contributed by atoms with van der Waals surface area (Å²) in [4.78, 5) is 18.4. The summed E-state index contributed by atoms with van der Waals surface area (Å²) in [5.41, 5.74) is 7.96. The second kappa shape index (κ2) is 8.33. The molecule has 3 aromatic rings. The minimum absolute atomic E-state index is 0. The van der Waals surface area contributed by atoms with Crippen LogP contribution in [0.3, 0.4) is 0 Å². The minimum atomic E-state index is -0.303. The summed E-state index contributed by atoms with van der Waals surface area (Å²) in [6, 6.07) is 8.78. The van der Waals surface area contributed by atoms with Crippen LogP contribution in [-0.2, 0) is 12.4 Å². The van der Waals surface area contributed by atoms with Gasteiger partial charge in [0.2, 0.25) is 5.95 Å². The summed E-state index contributed by atoms with van der Waals surface area (Å²) in [7, 11) is 0. The van der Waals surface area contributed by atoms with Gasteiger partial charge in [0.1, 0.15) is 5.52 Å². The molecule has 0 radical (unpaired) electrons. The fourth-order valence-electron chi connectivity index (χ4n) is 1.98. The Kier molecular flexibility index (Phi) is 7.37. The predicted octanol–water partition coefficient (Wildman–Crippen LogP) is -1.88. The monoisotopic (exact) mass is 390 g/mol. The summed E-state index contributed by atoms with van der Waals surface area (Å²) in [6.07, 6.45) is 1.52. The van der Waals surface area contributed by atoms with E-state index in [9.17, 15) is 4.79 Å². The van der Waals surface area contributed by atoms with E-state index in [1.165, 1.54) is 6.20 Å². The molecule has 4 N–H and O–H groups in total. The van der Waals surface area contributed by atoms with Gasteiger partial charge in [-0.25, -0.2) is 4.98 Å². The maximum Gasteiger partial charge on any atom is 1.00 e. The van der Waals surface area contributed by atoms with Gasteiger partial charge in [-0.2, -0.15) is 29.4 Å². The number of nitrogens with two attached hydrogens (primary N) is 1. The topological polar surface area (TPSA) is 120 Å². The first-order valence-corrected chi connectivity index (χ1v) is 6.47. The molecule has 22 heavy (non-hydrogen) atoms. The number of aromatic amines is 1. The number of nitrogens with zero attached hydrogens (tertiary/aromatic N) is 3. The van der Waals surface area contributed by atoms with Crippen molar-refractivity contribution < 1.29 is 63.7 Å². The number of H-pyrrole nitrogens is 1. The Balaban J connectivity index is 0.00000121. The molecule has 0 saturated heterocycles. The molecule has 0 fully saturated rings. The number of nitrogen functional groups attached to an aromatic ring is 1. The van der Waals surface area contributed by atoms with Gasteiger partial charge in [0, 0.05) is 12.4 Å². The molecule has 0 aliphatic carbocycles. The Morgan fingerprint density at radius 2 is 2.18 bits per heavy atom. The summed E-state index contributed by atoms with van der Waals surface area (Å²) >= 11 is 5.73. The van der Waals surface area contributed by atoms with E-state index < -0.39 is 0 Å². The van der Waals surface area contributed by atoms with Crippen molar-refractivity contribution in [3.05, 3.63) is 51.9 Å². The zero-order valence-corrected chi connectivity index (χ0v) is 17.5. The molecular formula is C13H12ClN5O2Rb-. The van der Waals surface area contributed by atoms with Gasteiger partial charge in [0.15, 0.2) is 5.52 Å². The molecule has 0 unspecified atom stereocenters. The molecule has 0 aliphatic rings. The molecule has 0 saturated carbocycles. The number of aromatic nitrogens is 4. The average molecular weight is 391 g/mol. The van der Waals surface area contributed by atoms with E-state index in [4.69, 9.17) is 17.3 Å². The summed E-state index contributed by atoms with van der Waals surface area (Å²) in [5.74, 6) is 0.532. The van der Waals surface area contributed by atoms with Crippen molar-refractivity contribution in [1.82, 2.24) is 19.7 Å². The van der Waals surface area contributed by atoms with Crippen LogP contribution in [0.2, 0.25) is 0 Å². The summed E-state index contributed by atoms with van der Waals surface area (Å²) in [5, 5.41) is 4.17. The van der Waals surface area contributed by atoms with Crippen LogP contribution in [0, 0.1) is 6.07 Å². The number of benzene rings is 1. The van der Waals surface area contributed by atoms with E-state index in [-0.39, 0.29) is 75.2 Å². The fraction of sp³-hybridized carbons (Fsp3) is 0.154. The number of rotatable bonds is 3. The van der Waals surface area contributed by atoms with Gasteiger partial charge in [-0.15, -0.1) is 22.7 Å². The molecule has 110 valence electrons. The van der Waals surface area contributed by atoms with E-state index in [2.05, 4.69) is 21.1 Å². The molecule has 1 aromatic carbocycles. The van der Waals surface area contributed by atoms with E-state index in [0.717, 1.165) is 11.1 Å². The normalized spacial score (nSPS) is 10.0. The van der Waals surface area contributed by atoms with Crippen molar-refractivity contribution in [2.75, 3.05) is 5.73 Å². The van der Waals surface area contributed by atoms with Crippen molar-refractivity contribution in [2.45, 2.75) is 12.4 Å². The third-order valence-electron chi connectivity index (χ3n) is 2.93. The fourth-order valence-corrected chi connectivity index (χ4v) is 2.14. The maximum absolute atomic E-state index is 11.9. The average Bonchev–Trinajstić information content (AvgIpc) is 2.82. The number of halogens is 1. The maximum atomic E-state index is 11.9. The summed E-state index contributed by atoms with van der Waals surface area (Å²) < 4.78 is 1.58. The third-order valence-corrected chi connectivity index (χ3v) is 3.24. The Morgan fingerprint density at radius 3 is 2.82 bits per heavy atom. The van der Waals surface area contributed by atoms with Crippen molar-refractivity contribution in [2.24, 2.45) is 0 Å². The molecule has 2 heterocycles. The van der Waals surface area contributed by atoms with Gasteiger partial charge in [-0.05, 0) is 0 Å². The number of fused-ring (bicyclic) bond motifs is 1. The number of hydrogen-bond donors (Lipinski definition) is 2. The molecule has 3 rings (SSSR count). The van der Waals surface area contributed by atoms with Gasteiger partial charge in [-0.3, -0.25) is 14.5 Å². The van der Waals surface area contributed by atoms with Gasteiger partial charge in [-0.1, -0.05) is 0 Å². The SMILES string of the molecule is Nc1nc2cnn(Cc3[c-]cc(CCl)cc3)c2c(=O)[nH]1.[OH-].[Rb+]. The molecule has 9 heteroatoms. The zero-order chi connectivity index (χ0) is 14.1. The zero-order valence-electron chi connectivity index (χ0n) is 11.9. The Labute approximate surface area is 180 Å². The van der Waals surface area contributed by atoms with Gasteiger partial charge in [0.25, 0.3) is 5.56 Å². The standard InChI is InChI=1S/C13H11ClN5O.H2O.Rb/c14-5-8-1-3-9(4-2-8)7-19-11-10(6-16-19)17-13(15)18-12(11)20;;/h1-3,6H,5,7H2,(H3,15,17,18,20);1H2;/q-1;;+1/p-1. The van der Waals surface area contributed by atoms with Crippen molar-refractivity contribution >= 4 is 28.6 Å². The quantitative estimate of drug-likeness (QED) is 0.400. The number of alkyl halides is 1. The molecule has 0 aliphatic heterocycles. The molecule has 2 aromatic heterocycles. The first-order chi connectivity index (χ1) is 9.67. The minimum Gasteiger partial charge on any atom is -0.870 e. The number of anilines is 1. The van der Waals surface area contributed by atoms with Crippen LogP contribution in [0.15, 0.2) is 29.2 Å². The van der Waals surface area contributed by atoms with E-state index >= 15 is 0 Å². The third kappa shape index (κ3) is 4.04. The van der Waals surface area contributed by atoms with Gasteiger partial charge >= 0.3 is 58.2 Å². The van der Waals surface area contributed by atoms with Crippen molar-refractivity contribution in [3.63, 3.8) is 0 Å². The van der Waals surface area contributed by atoms with E-state index in [0.29, 0.717) is 23.5 Å². The first-order valence-electron chi connectivity index (χ1n) is 5.94. The second-order valence-corrected chi connectivity index (χ2v) is 4.61. The molecule has 0 spiro atoms. The van der Waals surface area contributed by atoms with Crippen LogP contribution in [0.1, 0.15) is 11.1 Å². The van der Waals surface area contributed by atoms with Crippen LogP contribution in [0.4, 0.5) is 5.95 Å². The first kappa shape index (κ1) is 19.5. The van der Waals surface area contributed by atoms with Crippen LogP contribution in [-0.4, -0.2) is 25.2 Å². The molecular weight excluding hydrogens is 379 g/mol. The van der Waals surface area contributed by atoms with Crippen LogP contribution < -0.4 is 69.5 Å². The van der Waals surface area contributed by atoms with Gasteiger partial charge < -0.3 is 11.2 Å². The molecule has 0 bridgehead atoms. The van der Waals surface area contributed by atoms with Crippen LogP contribution in [0.5, 0.6) is 0 Å². The van der Waals surface area contributed by atoms with E-state index in [1.54, 1.807) is 4.68 Å². The molecule has 0 amide bonds. The van der Waals surface area contributed by atoms with Crippen LogP contribution >= 0.6 is 11.6 Å².